The van der Waals surface area contributed by atoms with Crippen molar-refractivity contribution in [2.24, 2.45) is 0 Å². The van der Waals surface area contributed by atoms with Crippen molar-refractivity contribution in [1.29, 1.82) is 0 Å². The Kier molecular flexibility index (Phi) is 5.97. The van der Waals surface area contributed by atoms with Crippen LogP contribution in [0.1, 0.15) is 45.1 Å². The summed E-state index contributed by atoms with van der Waals surface area (Å²) in [5, 5.41) is 1.11. The summed E-state index contributed by atoms with van der Waals surface area (Å²) >= 11 is 12.2. The quantitative estimate of drug-likeness (QED) is 0.747. The zero-order chi connectivity index (χ0) is 13.7. The lowest BCUT2D eigenvalue weighted by molar-refractivity contribution is -0.117. The molecule has 100 valence electrons. The van der Waals surface area contributed by atoms with Gasteiger partial charge in [-0.05, 0) is 43.9 Å². The highest BCUT2D eigenvalue weighted by molar-refractivity contribution is 6.35. The standard InChI is InChI=1S/C14H18Cl2O2/c1-4-18-14-12(7-11(15)8-13(14)16)9(2)5-6-10(3)17/h7-9H,4-6H2,1-3H3. The third-order valence-electron chi connectivity index (χ3n) is 2.79. The zero-order valence-corrected chi connectivity index (χ0v) is 12.4. The fraction of sp³-hybridized carbons (Fsp3) is 0.500. The first-order valence-corrected chi connectivity index (χ1v) is 6.82. The van der Waals surface area contributed by atoms with E-state index in [1.165, 1.54) is 0 Å². The Morgan fingerprint density at radius 3 is 2.61 bits per heavy atom. The van der Waals surface area contributed by atoms with Crippen LogP contribution < -0.4 is 4.74 Å². The molecule has 4 heteroatoms. The van der Waals surface area contributed by atoms with Gasteiger partial charge in [0.05, 0.1) is 11.6 Å². The van der Waals surface area contributed by atoms with E-state index in [0.717, 1.165) is 12.0 Å². The number of hydrogen-bond acceptors (Lipinski definition) is 2. The predicted molar refractivity (Wildman–Crippen MR) is 76.0 cm³/mol. The van der Waals surface area contributed by atoms with Crippen molar-refractivity contribution in [3.63, 3.8) is 0 Å². The number of Topliss-reactive ketones (excluding diaryl/α,β-unsaturated/α-hetero) is 1. The van der Waals surface area contributed by atoms with Gasteiger partial charge in [0.1, 0.15) is 11.5 Å². The van der Waals surface area contributed by atoms with Crippen LogP contribution in [0.5, 0.6) is 5.75 Å². The van der Waals surface area contributed by atoms with Crippen molar-refractivity contribution in [2.45, 2.75) is 39.5 Å². The van der Waals surface area contributed by atoms with E-state index in [2.05, 4.69) is 0 Å². The molecule has 0 aromatic heterocycles. The molecular weight excluding hydrogens is 271 g/mol. The summed E-state index contributed by atoms with van der Waals surface area (Å²) in [6.45, 7) is 6.11. The highest BCUT2D eigenvalue weighted by Gasteiger charge is 2.16. The first-order valence-electron chi connectivity index (χ1n) is 6.06. The topological polar surface area (TPSA) is 26.3 Å². The average Bonchev–Trinajstić information content (AvgIpc) is 2.29. The molecule has 0 heterocycles. The number of hydrogen-bond donors (Lipinski definition) is 0. The predicted octanol–water partition coefficient (Wildman–Crippen LogP) is 4.86. The van der Waals surface area contributed by atoms with Crippen LogP contribution >= 0.6 is 23.2 Å². The van der Waals surface area contributed by atoms with Crippen molar-refractivity contribution < 1.29 is 9.53 Å². The van der Waals surface area contributed by atoms with Gasteiger partial charge in [0.2, 0.25) is 0 Å². The minimum absolute atomic E-state index is 0.187. The Bertz CT molecular complexity index is 430. The maximum absolute atomic E-state index is 11.0. The SMILES string of the molecule is CCOc1c(Cl)cc(Cl)cc1C(C)CCC(C)=O. The van der Waals surface area contributed by atoms with Gasteiger partial charge in [0.15, 0.2) is 0 Å². The molecule has 0 saturated heterocycles. The van der Waals surface area contributed by atoms with E-state index in [9.17, 15) is 4.79 Å². The number of ketones is 1. The van der Waals surface area contributed by atoms with E-state index in [1.807, 2.05) is 19.9 Å². The second kappa shape index (κ2) is 7.01. The Morgan fingerprint density at radius 2 is 2.06 bits per heavy atom. The number of rotatable bonds is 6. The maximum Gasteiger partial charge on any atom is 0.141 e. The Labute approximate surface area is 118 Å². The van der Waals surface area contributed by atoms with Crippen LogP contribution in [-0.4, -0.2) is 12.4 Å². The Balaban J connectivity index is 3.00. The Morgan fingerprint density at radius 1 is 1.39 bits per heavy atom. The third kappa shape index (κ3) is 4.18. The number of halogens is 2. The van der Waals surface area contributed by atoms with E-state index >= 15 is 0 Å². The van der Waals surface area contributed by atoms with E-state index in [-0.39, 0.29) is 11.7 Å². The maximum atomic E-state index is 11.0. The van der Waals surface area contributed by atoms with Crippen LogP contribution in [0.2, 0.25) is 10.0 Å². The van der Waals surface area contributed by atoms with Gasteiger partial charge >= 0.3 is 0 Å². The average molecular weight is 289 g/mol. The smallest absolute Gasteiger partial charge is 0.141 e. The second-order valence-electron chi connectivity index (χ2n) is 4.38. The van der Waals surface area contributed by atoms with Gasteiger partial charge in [0.25, 0.3) is 0 Å². The van der Waals surface area contributed by atoms with E-state index < -0.39 is 0 Å². The summed E-state index contributed by atoms with van der Waals surface area (Å²) in [5.41, 5.74) is 0.968. The molecule has 0 fully saturated rings. The van der Waals surface area contributed by atoms with Crippen molar-refractivity contribution in [3.8, 4) is 5.75 Å². The molecule has 0 spiro atoms. The lowest BCUT2D eigenvalue weighted by atomic mass is 9.94. The van der Waals surface area contributed by atoms with Crippen LogP contribution in [0.15, 0.2) is 12.1 Å². The summed E-state index contributed by atoms with van der Waals surface area (Å²) in [6, 6.07) is 3.54. The van der Waals surface area contributed by atoms with Gasteiger partial charge in [-0.2, -0.15) is 0 Å². The number of carbonyl (C=O) groups is 1. The summed E-state index contributed by atoms with van der Waals surface area (Å²) in [5.74, 6) is 1.05. The summed E-state index contributed by atoms with van der Waals surface area (Å²) in [4.78, 5) is 11.0. The van der Waals surface area contributed by atoms with Crippen molar-refractivity contribution >= 4 is 29.0 Å². The number of carbonyl (C=O) groups excluding carboxylic acids is 1. The highest BCUT2D eigenvalue weighted by Crippen LogP contribution is 2.38. The molecule has 0 N–H and O–H groups in total. The molecule has 0 aliphatic rings. The molecule has 2 nitrogen and oxygen atoms in total. The Hall–Kier alpha value is -0.730. The normalized spacial score (nSPS) is 12.3. The fourth-order valence-corrected chi connectivity index (χ4v) is 2.38. The third-order valence-corrected chi connectivity index (χ3v) is 3.29. The minimum atomic E-state index is 0.187. The molecule has 1 rings (SSSR count). The molecular formula is C14H18Cl2O2. The zero-order valence-electron chi connectivity index (χ0n) is 10.9. The first-order chi connectivity index (χ1) is 8.45. The van der Waals surface area contributed by atoms with Crippen LogP contribution in [0, 0.1) is 0 Å². The molecule has 1 aromatic carbocycles. The van der Waals surface area contributed by atoms with Gasteiger partial charge < -0.3 is 9.53 Å². The number of benzene rings is 1. The lowest BCUT2D eigenvalue weighted by Crippen LogP contribution is -2.03. The monoisotopic (exact) mass is 288 g/mol. The van der Waals surface area contributed by atoms with Gasteiger partial charge in [-0.25, -0.2) is 0 Å². The van der Waals surface area contributed by atoms with Crippen molar-refractivity contribution in [2.75, 3.05) is 6.61 Å². The van der Waals surface area contributed by atoms with Gasteiger partial charge in [0, 0.05) is 11.4 Å². The van der Waals surface area contributed by atoms with E-state index in [0.29, 0.717) is 28.8 Å². The second-order valence-corrected chi connectivity index (χ2v) is 5.22. The molecule has 0 saturated carbocycles. The molecule has 0 aliphatic heterocycles. The highest BCUT2D eigenvalue weighted by atomic mass is 35.5. The molecule has 0 bridgehead atoms. The molecule has 0 amide bonds. The lowest BCUT2D eigenvalue weighted by Gasteiger charge is -2.17. The minimum Gasteiger partial charge on any atom is -0.492 e. The van der Waals surface area contributed by atoms with Gasteiger partial charge in [-0.3, -0.25) is 0 Å². The molecule has 0 aliphatic carbocycles. The molecule has 18 heavy (non-hydrogen) atoms. The largest absolute Gasteiger partial charge is 0.492 e. The molecule has 0 radical (unpaired) electrons. The molecule has 1 aromatic rings. The summed E-state index contributed by atoms with van der Waals surface area (Å²) in [6.07, 6.45) is 1.32. The molecule has 1 unspecified atom stereocenters. The van der Waals surface area contributed by atoms with E-state index in [1.54, 1.807) is 13.0 Å². The summed E-state index contributed by atoms with van der Waals surface area (Å²) in [7, 11) is 0. The summed E-state index contributed by atoms with van der Waals surface area (Å²) < 4.78 is 5.58. The molecule has 1 atom stereocenters. The van der Waals surface area contributed by atoms with Crippen LogP contribution in [-0.2, 0) is 4.79 Å². The van der Waals surface area contributed by atoms with Crippen molar-refractivity contribution in [1.82, 2.24) is 0 Å². The first kappa shape index (κ1) is 15.3. The number of ether oxygens (including phenoxy) is 1. The fourth-order valence-electron chi connectivity index (χ4n) is 1.82. The van der Waals surface area contributed by atoms with E-state index in [4.69, 9.17) is 27.9 Å². The van der Waals surface area contributed by atoms with Crippen LogP contribution in [0.25, 0.3) is 0 Å². The van der Waals surface area contributed by atoms with Crippen molar-refractivity contribution in [3.05, 3.63) is 27.7 Å². The van der Waals surface area contributed by atoms with Gasteiger partial charge in [-0.1, -0.05) is 30.1 Å². The van der Waals surface area contributed by atoms with Crippen LogP contribution in [0.3, 0.4) is 0 Å². The van der Waals surface area contributed by atoms with Gasteiger partial charge in [-0.15, -0.1) is 0 Å². The van der Waals surface area contributed by atoms with Crippen LogP contribution in [0.4, 0.5) is 0 Å².